The van der Waals surface area contributed by atoms with Gasteiger partial charge in [-0.15, -0.1) is 0 Å². The number of likely N-dealkylation sites (tertiary alicyclic amines) is 1. The highest BCUT2D eigenvalue weighted by Crippen LogP contribution is 2.38. The van der Waals surface area contributed by atoms with Gasteiger partial charge < -0.3 is 9.80 Å². The first kappa shape index (κ1) is 16.6. The summed E-state index contributed by atoms with van der Waals surface area (Å²) >= 11 is 0. The van der Waals surface area contributed by atoms with Gasteiger partial charge in [-0.05, 0) is 69.3 Å². The molecule has 0 atom stereocenters. The molecule has 1 aromatic rings. The predicted octanol–water partition coefficient (Wildman–Crippen LogP) is 2.79. The Morgan fingerprint density at radius 1 is 1.04 bits per heavy atom. The molecule has 0 radical (unpaired) electrons. The molecule has 3 aliphatic rings. The standard InChI is InChI=1S/C21H29N3O/c1-15-12-17-6-5-7-19(18(17)13-16(15)2)24-10-8-21(9-11-24)20(25)22(3)14-23(21)4/h7,12-13H,5-6,8-11,14H2,1-4H3. The lowest BCUT2D eigenvalue weighted by molar-refractivity contribution is -0.134. The van der Waals surface area contributed by atoms with Gasteiger partial charge >= 0.3 is 0 Å². The molecule has 2 aliphatic heterocycles. The van der Waals surface area contributed by atoms with E-state index in [4.69, 9.17) is 0 Å². The summed E-state index contributed by atoms with van der Waals surface area (Å²) in [4.78, 5) is 19.3. The smallest absolute Gasteiger partial charge is 0.244 e. The summed E-state index contributed by atoms with van der Waals surface area (Å²) in [5, 5.41) is 0. The van der Waals surface area contributed by atoms with Crippen LogP contribution in [-0.4, -0.2) is 60.0 Å². The van der Waals surface area contributed by atoms with Gasteiger partial charge in [-0.3, -0.25) is 9.69 Å². The Morgan fingerprint density at radius 2 is 1.72 bits per heavy atom. The number of nitrogens with zero attached hydrogens (tertiary/aromatic N) is 3. The van der Waals surface area contributed by atoms with E-state index in [2.05, 4.69) is 48.9 Å². The van der Waals surface area contributed by atoms with Crippen molar-refractivity contribution in [3.8, 4) is 0 Å². The second kappa shape index (κ2) is 5.87. The van der Waals surface area contributed by atoms with Crippen LogP contribution in [-0.2, 0) is 11.2 Å². The maximum atomic E-state index is 12.7. The predicted molar refractivity (Wildman–Crippen MR) is 101 cm³/mol. The summed E-state index contributed by atoms with van der Waals surface area (Å²) in [6.45, 7) is 7.08. The average Bonchev–Trinajstić information content (AvgIpc) is 2.80. The van der Waals surface area contributed by atoms with Crippen LogP contribution in [0.2, 0.25) is 0 Å². The fraction of sp³-hybridized carbons (Fsp3) is 0.571. The molecule has 0 N–H and O–H groups in total. The molecule has 0 saturated carbocycles. The van der Waals surface area contributed by atoms with Crippen LogP contribution in [0, 0.1) is 13.8 Å². The minimum Gasteiger partial charge on any atom is -0.371 e. The van der Waals surface area contributed by atoms with Gasteiger partial charge in [0.05, 0.1) is 6.67 Å². The lowest BCUT2D eigenvalue weighted by atomic mass is 9.84. The van der Waals surface area contributed by atoms with Crippen LogP contribution in [0.3, 0.4) is 0 Å². The van der Waals surface area contributed by atoms with Crippen LogP contribution in [0.4, 0.5) is 0 Å². The maximum absolute atomic E-state index is 12.7. The summed E-state index contributed by atoms with van der Waals surface area (Å²) in [7, 11) is 4.02. The second-order valence-corrected chi connectivity index (χ2v) is 8.08. The topological polar surface area (TPSA) is 26.8 Å². The summed E-state index contributed by atoms with van der Waals surface area (Å²) < 4.78 is 0. The highest BCUT2D eigenvalue weighted by molar-refractivity contribution is 5.88. The van der Waals surface area contributed by atoms with Gasteiger partial charge in [0.2, 0.25) is 5.91 Å². The molecule has 1 amide bonds. The molecule has 0 aromatic heterocycles. The van der Waals surface area contributed by atoms with Crippen molar-refractivity contribution in [3.05, 3.63) is 40.5 Å². The number of hydrogen-bond donors (Lipinski definition) is 0. The number of aryl methyl sites for hydroxylation is 3. The van der Waals surface area contributed by atoms with Gasteiger partial charge in [-0.25, -0.2) is 0 Å². The van der Waals surface area contributed by atoms with E-state index < -0.39 is 0 Å². The van der Waals surface area contributed by atoms with E-state index in [-0.39, 0.29) is 5.54 Å². The zero-order valence-corrected chi connectivity index (χ0v) is 15.9. The number of likely N-dealkylation sites (N-methyl/N-ethyl adjacent to an activating group) is 2. The molecule has 0 bridgehead atoms. The van der Waals surface area contributed by atoms with E-state index in [0.717, 1.165) is 45.4 Å². The number of hydrogen-bond acceptors (Lipinski definition) is 3. The average molecular weight is 339 g/mol. The van der Waals surface area contributed by atoms with Crippen LogP contribution in [0.5, 0.6) is 0 Å². The van der Waals surface area contributed by atoms with Crippen molar-refractivity contribution in [2.75, 3.05) is 33.9 Å². The van der Waals surface area contributed by atoms with Gasteiger partial charge in [0, 0.05) is 31.4 Å². The zero-order chi connectivity index (χ0) is 17.8. The van der Waals surface area contributed by atoms with Crippen molar-refractivity contribution < 1.29 is 4.79 Å². The Labute approximate surface area is 151 Å². The zero-order valence-electron chi connectivity index (χ0n) is 15.9. The molecule has 2 fully saturated rings. The molecule has 2 saturated heterocycles. The van der Waals surface area contributed by atoms with Crippen LogP contribution >= 0.6 is 0 Å². The summed E-state index contributed by atoms with van der Waals surface area (Å²) in [6, 6.07) is 4.73. The number of fused-ring (bicyclic) bond motifs is 1. The molecule has 1 aromatic carbocycles. The summed E-state index contributed by atoms with van der Waals surface area (Å²) in [5.41, 5.74) is 6.77. The monoisotopic (exact) mass is 339 g/mol. The first-order chi connectivity index (χ1) is 11.9. The quantitative estimate of drug-likeness (QED) is 0.787. The molecule has 2 heterocycles. The van der Waals surface area contributed by atoms with E-state index >= 15 is 0 Å². The van der Waals surface area contributed by atoms with Crippen molar-refractivity contribution in [1.29, 1.82) is 0 Å². The van der Waals surface area contributed by atoms with Crippen LogP contribution in [0.25, 0.3) is 5.70 Å². The molecule has 4 nitrogen and oxygen atoms in total. The number of carbonyl (C=O) groups is 1. The van der Waals surface area contributed by atoms with E-state index in [9.17, 15) is 4.79 Å². The minimum atomic E-state index is -0.271. The number of allylic oxidation sites excluding steroid dienone is 1. The number of carbonyl (C=O) groups excluding carboxylic acids is 1. The Bertz CT molecular complexity index is 744. The van der Waals surface area contributed by atoms with Gasteiger partial charge in [-0.2, -0.15) is 0 Å². The lowest BCUT2D eigenvalue weighted by Gasteiger charge is -2.43. The van der Waals surface area contributed by atoms with Crippen molar-refractivity contribution in [2.45, 2.75) is 45.1 Å². The Morgan fingerprint density at radius 3 is 2.36 bits per heavy atom. The Kier molecular flexibility index (Phi) is 3.91. The van der Waals surface area contributed by atoms with Gasteiger partial charge in [0.25, 0.3) is 0 Å². The molecule has 1 aliphatic carbocycles. The van der Waals surface area contributed by atoms with E-state index in [1.807, 2.05) is 11.9 Å². The van der Waals surface area contributed by atoms with Crippen molar-refractivity contribution in [1.82, 2.24) is 14.7 Å². The first-order valence-corrected chi connectivity index (χ1v) is 9.45. The van der Waals surface area contributed by atoms with E-state index in [0.29, 0.717) is 5.91 Å². The highest BCUT2D eigenvalue weighted by atomic mass is 16.2. The third kappa shape index (κ3) is 2.50. The lowest BCUT2D eigenvalue weighted by Crippen LogP contribution is -2.54. The third-order valence-corrected chi connectivity index (χ3v) is 6.58. The minimum absolute atomic E-state index is 0.271. The number of piperidine rings is 1. The van der Waals surface area contributed by atoms with Crippen LogP contribution in [0.1, 0.15) is 41.5 Å². The molecule has 134 valence electrons. The van der Waals surface area contributed by atoms with E-state index in [1.165, 1.54) is 28.0 Å². The Hall–Kier alpha value is -1.81. The normalized spacial score (nSPS) is 23.2. The molecule has 0 unspecified atom stereocenters. The third-order valence-electron chi connectivity index (χ3n) is 6.58. The maximum Gasteiger partial charge on any atom is 0.244 e. The van der Waals surface area contributed by atoms with Crippen molar-refractivity contribution in [2.24, 2.45) is 0 Å². The SMILES string of the molecule is Cc1cc2c(cc1C)C(N1CCC3(CC1)C(=O)N(C)CN3C)=CCC2. The number of benzene rings is 1. The second-order valence-electron chi connectivity index (χ2n) is 8.08. The number of rotatable bonds is 1. The van der Waals surface area contributed by atoms with Gasteiger partial charge in [0.15, 0.2) is 0 Å². The fourth-order valence-electron chi connectivity index (χ4n) is 4.84. The van der Waals surface area contributed by atoms with Gasteiger partial charge in [-0.1, -0.05) is 12.1 Å². The first-order valence-electron chi connectivity index (χ1n) is 9.45. The summed E-state index contributed by atoms with van der Waals surface area (Å²) in [6.07, 6.45) is 6.51. The molecule has 1 spiro atoms. The fourth-order valence-corrected chi connectivity index (χ4v) is 4.84. The molecular weight excluding hydrogens is 310 g/mol. The highest BCUT2D eigenvalue weighted by Gasteiger charge is 2.51. The largest absolute Gasteiger partial charge is 0.371 e. The van der Waals surface area contributed by atoms with E-state index in [1.54, 1.807) is 0 Å². The molecule has 4 heteroatoms. The van der Waals surface area contributed by atoms with Crippen molar-refractivity contribution >= 4 is 11.6 Å². The van der Waals surface area contributed by atoms with Gasteiger partial charge in [0.1, 0.15) is 5.54 Å². The summed E-state index contributed by atoms with van der Waals surface area (Å²) in [5.74, 6) is 0.305. The van der Waals surface area contributed by atoms with Crippen LogP contribution in [0.15, 0.2) is 18.2 Å². The Balaban J connectivity index is 1.57. The molecule has 4 rings (SSSR count). The molecular formula is C21H29N3O. The van der Waals surface area contributed by atoms with Crippen molar-refractivity contribution in [3.63, 3.8) is 0 Å². The number of amides is 1. The van der Waals surface area contributed by atoms with Crippen LogP contribution < -0.4 is 0 Å². The molecule has 25 heavy (non-hydrogen) atoms.